The monoisotopic (exact) mass is 379 g/mol. The van der Waals surface area contributed by atoms with Crippen LogP contribution in [0, 0.1) is 6.92 Å². The first-order valence-electron chi connectivity index (χ1n) is 9.76. The van der Waals surface area contributed by atoms with Crippen LogP contribution in [0.2, 0.25) is 0 Å². The van der Waals surface area contributed by atoms with Crippen LogP contribution in [0.4, 0.5) is 0 Å². The van der Waals surface area contributed by atoms with Crippen molar-refractivity contribution in [2.75, 3.05) is 34.4 Å². The largest absolute Gasteiger partial charge is 0.496 e. The number of methoxy groups -OCH3 is 2. The van der Waals surface area contributed by atoms with E-state index in [4.69, 9.17) is 9.47 Å². The summed E-state index contributed by atoms with van der Waals surface area (Å²) in [6, 6.07) is 11.8. The molecule has 0 aliphatic carbocycles. The van der Waals surface area contributed by atoms with E-state index in [9.17, 15) is 4.79 Å². The second kappa shape index (κ2) is 9.07. The molecule has 1 fully saturated rings. The molecule has 1 aliphatic heterocycles. The van der Waals surface area contributed by atoms with E-state index in [1.165, 1.54) is 0 Å². The Kier molecular flexibility index (Phi) is 6.53. The van der Waals surface area contributed by atoms with E-state index in [1.807, 2.05) is 49.4 Å². The number of rotatable bonds is 6. The molecule has 4 nitrogen and oxygen atoms in total. The molecule has 0 saturated carbocycles. The molecular weight excluding hydrogens is 350 g/mol. The molecule has 0 spiro atoms. The van der Waals surface area contributed by atoms with Gasteiger partial charge in [0.25, 0.3) is 0 Å². The number of piperidine rings is 1. The predicted octanol–water partition coefficient (Wildman–Crippen LogP) is 4.72. The molecule has 0 atom stereocenters. The molecular formula is C24H29NO3. The molecule has 4 heteroatoms. The highest BCUT2D eigenvalue weighted by atomic mass is 16.5. The number of ether oxygens (including phenoxy) is 2. The average Bonchev–Trinajstić information content (AvgIpc) is 2.72. The summed E-state index contributed by atoms with van der Waals surface area (Å²) in [5.41, 5.74) is 3.87. The summed E-state index contributed by atoms with van der Waals surface area (Å²) in [6.45, 7) is 4.14. The van der Waals surface area contributed by atoms with E-state index in [0.717, 1.165) is 48.4 Å². The Hall–Kier alpha value is -2.59. The Morgan fingerprint density at radius 3 is 2.39 bits per heavy atom. The number of likely N-dealkylation sites (tertiary alicyclic amines) is 1. The van der Waals surface area contributed by atoms with Gasteiger partial charge in [0.2, 0.25) is 0 Å². The molecule has 148 valence electrons. The first-order chi connectivity index (χ1) is 13.5. The normalized spacial score (nSPS) is 15.7. The van der Waals surface area contributed by atoms with E-state index in [2.05, 4.69) is 11.9 Å². The van der Waals surface area contributed by atoms with E-state index in [-0.39, 0.29) is 5.78 Å². The Balaban J connectivity index is 1.93. The van der Waals surface area contributed by atoms with Gasteiger partial charge in [0.1, 0.15) is 11.5 Å². The average molecular weight is 380 g/mol. The highest BCUT2D eigenvalue weighted by Gasteiger charge is 2.24. The SMILES string of the molecule is COc1cc(OC)c(C2CCN(C)CC2)cc1C(=O)/C=C/c1ccccc1C. The van der Waals surface area contributed by atoms with Gasteiger partial charge in [-0.2, -0.15) is 0 Å². The molecule has 0 bridgehead atoms. The second-order valence-corrected chi connectivity index (χ2v) is 7.43. The van der Waals surface area contributed by atoms with Crippen molar-refractivity contribution >= 4 is 11.9 Å². The molecule has 1 aliphatic rings. The fraction of sp³-hybridized carbons (Fsp3) is 0.375. The topological polar surface area (TPSA) is 38.8 Å². The van der Waals surface area contributed by atoms with Gasteiger partial charge in [-0.15, -0.1) is 0 Å². The summed E-state index contributed by atoms with van der Waals surface area (Å²) >= 11 is 0. The molecule has 0 radical (unpaired) electrons. The number of aryl methyl sites for hydroxylation is 1. The molecule has 1 heterocycles. The molecule has 0 N–H and O–H groups in total. The molecule has 2 aromatic carbocycles. The lowest BCUT2D eigenvalue weighted by Gasteiger charge is -2.30. The van der Waals surface area contributed by atoms with Gasteiger partial charge in [0, 0.05) is 6.07 Å². The number of benzene rings is 2. The third-order valence-electron chi connectivity index (χ3n) is 5.58. The number of allylic oxidation sites excluding steroid dienone is 1. The number of carbonyl (C=O) groups excluding carboxylic acids is 1. The lowest BCUT2D eigenvalue weighted by molar-refractivity contribution is 0.104. The lowest BCUT2D eigenvalue weighted by Crippen LogP contribution is -2.29. The molecule has 28 heavy (non-hydrogen) atoms. The van der Waals surface area contributed by atoms with Crippen molar-refractivity contribution in [3.8, 4) is 11.5 Å². The third kappa shape index (κ3) is 4.45. The smallest absolute Gasteiger partial charge is 0.189 e. The second-order valence-electron chi connectivity index (χ2n) is 7.43. The molecule has 0 amide bonds. The molecule has 0 aromatic heterocycles. The predicted molar refractivity (Wildman–Crippen MR) is 114 cm³/mol. The summed E-state index contributed by atoms with van der Waals surface area (Å²) < 4.78 is 11.1. The van der Waals surface area contributed by atoms with E-state index in [0.29, 0.717) is 17.2 Å². The van der Waals surface area contributed by atoms with Crippen LogP contribution in [0.15, 0.2) is 42.5 Å². The zero-order chi connectivity index (χ0) is 20.1. The number of carbonyl (C=O) groups is 1. The molecule has 2 aromatic rings. The van der Waals surface area contributed by atoms with Gasteiger partial charge in [-0.25, -0.2) is 0 Å². The van der Waals surface area contributed by atoms with Gasteiger partial charge >= 0.3 is 0 Å². The third-order valence-corrected chi connectivity index (χ3v) is 5.58. The highest BCUT2D eigenvalue weighted by molar-refractivity contribution is 6.09. The van der Waals surface area contributed by atoms with Crippen LogP contribution in [0.5, 0.6) is 11.5 Å². The van der Waals surface area contributed by atoms with E-state index >= 15 is 0 Å². The maximum atomic E-state index is 13.0. The Morgan fingerprint density at radius 2 is 1.75 bits per heavy atom. The van der Waals surface area contributed by atoms with Crippen LogP contribution in [-0.4, -0.2) is 45.0 Å². The number of nitrogens with zero attached hydrogens (tertiary/aromatic N) is 1. The molecule has 3 rings (SSSR count). The minimum Gasteiger partial charge on any atom is -0.496 e. The molecule has 1 saturated heterocycles. The summed E-state index contributed by atoms with van der Waals surface area (Å²) in [5.74, 6) is 1.68. The molecule has 0 unspecified atom stereocenters. The minimum atomic E-state index is -0.0584. The highest BCUT2D eigenvalue weighted by Crippen LogP contribution is 2.38. The fourth-order valence-electron chi connectivity index (χ4n) is 3.78. The summed E-state index contributed by atoms with van der Waals surface area (Å²) in [7, 11) is 5.41. The lowest BCUT2D eigenvalue weighted by atomic mass is 9.87. The maximum absolute atomic E-state index is 13.0. The first kappa shape index (κ1) is 20.2. The van der Waals surface area contributed by atoms with Gasteiger partial charge in [-0.1, -0.05) is 30.3 Å². The van der Waals surface area contributed by atoms with Crippen LogP contribution in [-0.2, 0) is 0 Å². The summed E-state index contributed by atoms with van der Waals surface area (Å²) in [6.07, 6.45) is 5.62. The quantitative estimate of drug-likeness (QED) is 0.538. The summed E-state index contributed by atoms with van der Waals surface area (Å²) in [4.78, 5) is 15.3. The zero-order valence-electron chi connectivity index (χ0n) is 17.2. The van der Waals surface area contributed by atoms with Crippen LogP contribution in [0.25, 0.3) is 6.08 Å². The number of hydrogen-bond acceptors (Lipinski definition) is 4. The van der Waals surface area contributed by atoms with Gasteiger partial charge < -0.3 is 14.4 Å². The van der Waals surface area contributed by atoms with Crippen molar-refractivity contribution in [3.63, 3.8) is 0 Å². The first-order valence-corrected chi connectivity index (χ1v) is 9.76. The van der Waals surface area contributed by atoms with Crippen molar-refractivity contribution < 1.29 is 14.3 Å². The fourth-order valence-corrected chi connectivity index (χ4v) is 3.78. The van der Waals surface area contributed by atoms with E-state index in [1.54, 1.807) is 20.3 Å². The van der Waals surface area contributed by atoms with E-state index < -0.39 is 0 Å². The van der Waals surface area contributed by atoms with Crippen LogP contribution < -0.4 is 9.47 Å². The van der Waals surface area contributed by atoms with Crippen LogP contribution in [0.3, 0.4) is 0 Å². The van der Waals surface area contributed by atoms with Gasteiger partial charge in [0.05, 0.1) is 19.8 Å². The van der Waals surface area contributed by atoms with Crippen molar-refractivity contribution in [2.24, 2.45) is 0 Å². The maximum Gasteiger partial charge on any atom is 0.189 e. The number of ketones is 1. The Labute approximate surface area is 167 Å². The standard InChI is InChI=1S/C24H29NO3/c1-17-7-5-6-8-18(17)9-10-22(26)21-15-20(19-11-13-25(2)14-12-19)23(27-3)16-24(21)28-4/h5-10,15-16,19H,11-14H2,1-4H3/b10-9+. The zero-order valence-corrected chi connectivity index (χ0v) is 17.2. The van der Waals surface area contributed by atoms with Crippen molar-refractivity contribution in [3.05, 3.63) is 64.7 Å². The summed E-state index contributed by atoms with van der Waals surface area (Å²) in [5, 5.41) is 0. The Bertz CT molecular complexity index is 864. The minimum absolute atomic E-state index is 0.0584. The number of hydrogen-bond donors (Lipinski definition) is 0. The van der Waals surface area contributed by atoms with Crippen molar-refractivity contribution in [2.45, 2.75) is 25.7 Å². The Morgan fingerprint density at radius 1 is 1.07 bits per heavy atom. The van der Waals surface area contributed by atoms with Crippen molar-refractivity contribution in [1.29, 1.82) is 0 Å². The van der Waals surface area contributed by atoms with Crippen molar-refractivity contribution in [1.82, 2.24) is 4.90 Å². The van der Waals surface area contributed by atoms with Gasteiger partial charge in [-0.05, 0) is 74.7 Å². The van der Waals surface area contributed by atoms with Crippen LogP contribution >= 0.6 is 0 Å². The van der Waals surface area contributed by atoms with Gasteiger partial charge in [-0.3, -0.25) is 4.79 Å². The van der Waals surface area contributed by atoms with Crippen LogP contribution in [0.1, 0.15) is 45.8 Å². The van der Waals surface area contributed by atoms with Gasteiger partial charge in [0.15, 0.2) is 5.78 Å².